The molecule has 0 spiro atoms. The van der Waals surface area contributed by atoms with Crippen LogP contribution in [-0.2, 0) is 9.59 Å². The number of rotatable bonds is 9. The van der Waals surface area contributed by atoms with Crippen molar-refractivity contribution in [2.45, 2.75) is 45.1 Å². The monoisotopic (exact) mass is 359 g/mol. The van der Waals surface area contributed by atoms with Crippen LogP contribution >= 0.6 is 0 Å². The summed E-state index contributed by atoms with van der Waals surface area (Å²) in [5.74, 6) is 0.162. The van der Waals surface area contributed by atoms with Gasteiger partial charge in [-0.3, -0.25) is 9.59 Å². The molecule has 1 unspecified atom stereocenters. The molecular weight excluding hydrogens is 326 g/mol. The van der Waals surface area contributed by atoms with Gasteiger partial charge in [0.25, 0.3) is 0 Å². The van der Waals surface area contributed by atoms with Crippen molar-refractivity contribution < 1.29 is 9.59 Å². The summed E-state index contributed by atoms with van der Waals surface area (Å²) < 4.78 is 0. The van der Waals surface area contributed by atoms with Gasteiger partial charge in [0.05, 0.1) is 0 Å². The second-order valence-electron chi connectivity index (χ2n) is 7.34. The van der Waals surface area contributed by atoms with Gasteiger partial charge in [-0.1, -0.05) is 37.3 Å². The molecule has 5 heteroatoms. The zero-order valence-corrected chi connectivity index (χ0v) is 16.5. The van der Waals surface area contributed by atoms with Crippen LogP contribution in [0, 0.1) is 0 Å². The van der Waals surface area contributed by atoms with Gasteiger partial charge in [0.2, 0.25) is 11.8 Å². The van der Waals surface area contributed by atoms with Gasteiger partial charge in [0, 0.05) is 26.1 Å². The highest BCUT2D eigenvalue weighted by atomic mass is 16.2. The van der Waals surface area contributed by atoms with Crippen molar-refractivity contribution in [3.05, 3.63) is 35.9 Å². The van der Waals surface area contributed by atoms with Crippen LogP contribution in [0.4, 0.5) is 0 Å². The van der Waals surface area contributed by atoms with Crippen molar-refractivity contribution in [1.82, 2.24) is 14.7 Å². The van der Waals surface area contributed by atoms with E-state index in [0.29, 0.717) is 13.0 Å². The average molecular weight is 360 g/mol. The van der Waals surface area contributed by atoms with Crippen LogP contribution < -0.4 is 0 Å². The van der Waals surface area contributed by atoms with Crippen molar-refractivity contribution in [2.24, 2.45) is 0 Å². The highest BCUT2D eigenvalue weighted by Crippen LogP contribution is 2.27. The first-order valence-electron chi connectivity index (χ1n) is 9.82. The third kappa shape index (κ3) is 5.56. The van der Waals surface area contributed by atoms with Gasteiger partial charge in [0.1, 0.15) is 6.04 Å². The number of hydrogen-bond donors (Lipinski definition) is 0. The minimum atomic E-state index is -0.491. The fraction of sp³-hybridized carbons (Fsp3) is 0.619. The van der Waals surface area contributed by atoms with Gasteiger partial charge in [0.15, 0.2) is 0 Å². The van der Waals surface area contributed by atoms with Crippen LogP contribution in [0.15, 0.2) is 30.3 Å². The first kappa shape index (κ1) is 20.4. The molecule has 0 aromatic heterocycles. The predicted molar refractivity (Wildman–Crippen MR) is 105 cm³/mol. The number of hydrogen-bond acceptors (Lipinski definition) is 3. The lowest BCUT2D eigenvalue weighted by Gasteiger charge is -2.37. The van der Waals surface area contributed by atoms with Gasteiger partial charge >= 0.3 is 0 Å². The van der Waals surface area contributed by atoms with E-state index in [-0.39, 0.29) is 11.8 Å². The summed E-state index contributed by atoms with van der Waals surface area (Å²) in [6.07, 6.45) is 4.30. The summed E-state index contributed by atoms with van der Waals surface area (Å²) in [4.78, 5) is 31.9. The van der Waals surface area contributed by atoms with Crippen LogP contribution in [-0.4, -0.2) is 66.8 Å². The molecule has 0 aliphatic carbocycles. The topological polar surface area (TPSA) is 43.9 Å². The molecule has 0 saturated carbocycles. The number of nitrogens with zero attached hydrogens (tertiary/aromatic N) is 3. The summed E-state index contributed by atoms with van der Waals surface area (Å²) >= 11 is 0. The van der Waals surface area contributed by atoms with Gasteiger partial charge in [-0.15, -0.1) is 0 Å². The molecule has 1 saturated heterocycles. The third-order valence-electron chi connectivity index (χ3n) is 4.86. The molecule has 5 nitrogen and oxygen atoms in total. The minimum Gasteiger partial charge on any atom is -0.341 e. The second kappa shape index (κ2) is 10.3. The lowest BCUT2D eigenvalue weighted by atomic mass is 9.99. The molecule has 1 atom stereocenters. The van der Waals surface area contributed by atoms with E-state index in [1.54, 1.807) is 4.90 Å². The Morgan fingerprint density at radius 2 is 1.85 bits per heavy atom. The molecule has 1 aliphatic heterocycles. The normalized spacial score (nSPS) is 16.0. The smallest absolute Gasteiger partial charge is 0.250 e. The lowest BCUT2D eigenvalue weighted by Crippen LogP contribution is -2.47. The molecule has 1 heterocycles. The van der Waals surface area contributed by atoms with Crippen molar-refractivity contribution in [3.8, 4) is 0 Å². The number of carbonyl (C=O) groups is 2. The van der Waals surface area contributed by atoms with Crippen LogP contribution in [0.5, 0.6) is 0 Å². The van der Waals surface area contributed by atoms with E-state index in [9.17, 15) is 9.59 Å². The van der Waals surface area contributed by atoms with Crippen molar-refractivity contribution in [3.63, 3.8) is 0 Å². The lowest BCUT2D eigenvalue weighted by molar-refractivity contribution is -0.148. The third-order valence-corrected chi connectivity index (χ3v) is 4.86. The standard InChI is InChI=1S/C21H33N3O2/c1-4-14-23(16-10-15-22(2)3)21(26)20(18-11-6-5-7-12-18)24-17-9-8-13-19(24)25/h5-7,11-12,20H,4,8-10,13-17H2,1-3H3. The molecule has 0 bridgehead atoms. The Bertz CT molecular complexity index is 574. The van der Waals surface area contributed by atoms with Crippen LogP contribution in [0.2, 0.25) is 0 Å². The average Bonchev–Trinajstić information content (AvgIpc) is 2.63. The highest BCUT2D eigenvalue weighted by Gasteiger charge is 2.34. The fourth-order valence-electron chi connectivity index (χ4n) is 3.54. The van der Waals surface area contributed by atoms with Crippen molar-refractivity contribution >= 4 is 11.8 Å². The van der Waals surface area contributed by atoms with E-state index in [0.717, 1.165) is 50.9 Å². The maximum atomic E-state index is 13.5. The molecule has 1 aromatic rings. The summed E-state index contributed by atoms with van der Waals surface area (Å²) in [6.45, 7) is 5.18. The van der Waals surface area contributed by atoms with E-state index < -0.39 is 6.04 Å². The first-order chi connectivity index (χ1) is 12.5. The van der Waals surface area contributed by atoms with E-state index in [2.05, 4.69) is 11.8 Å². The van der Waals surface area contributed by atoms with E-state index in [1.807, 2.05) is 49.3 Å². The maximum Gasteiger partial charge on any atom is 0.250 e. The molecular formula is C21H33N3O2. The Hall–Kier alpha value is -1.88. The van der Waals surface area contributed by atoms with Crippen molar-refractivity contribution in [1.29, 1.82) is 0 Å². The van der Waals surface area contributed by atoms with Crippen LogP contribution in [0.3, 0.4) is 0 Å². The first-order valence-corrected chi connectivity index (χ1v) is 9.82. The summed E-state index contributed by atoms with van der Waals surface area (Å²) in [5, 5.41) is 0. The summed E-state index contributed by atoms with van der Waals surface area (Å²) in [6, 6.07) is 9.28. The predicted octanol–water partition coefficient (Wildman–Crippen LogP) is 2.93. The molecule has 1 aliphatic rings. The molecule has 0 radical (unpaired) electrons. The van der Waals surface area contributed by atoms with Gasteiger partial charge < -0.3 is 14.7 Å². The number of carbonyl (C=O) groups excluding carboxylic acids is 2. The Balaban J connectivity index is 2.23. The van der Waals surface area contributed by atoms with Crippen molar-refractivity contribution in [2.75, 3.05) is 40.3 Å². The molecule has 0 N–H and O–H groups in total. The summed E-state index contributed by atoms with van der Waals surface area (Å²) in [5.41, 5.74) is 0.918. The zero-order valence-electron chi connectivity index (χ0n) is 16.5. The van der Waals surface area contributed by atoms with Crippen LogP contribution in [0.25, 0.3) is 0 Å². The Morgan fingerprint density at radius 3 is 2.46 bits per heavy atom. The Labute approximate surface area is 158 Å². The molecule has 1 fully saturated rings. The van der Waals surface area contributed by atoms with E-state index in [4.69, 9.17) is 0 Å². The maximum absolute atomic E-state index is 13.5. The highest BCUT2D eigenvalue weighted by molar-refractivity contribution is 5.89. The van der Waals surface area contributed by atoms with Crippen LogP contribution in [0.1, 0.15) is 50.6 Å². The minimum absolute atomic E-state index is 0.0621. The number of benzene rings is 1. The molecule has 2 rings (SSSR count). The summed E-state index contributed by atoms with van der Waals surface area (Å²) in [7, 11) is 4.09. The fourth-order valence-corrected chi connectivity index (χ4v) is 3.54. The number of piperidine rings is 1. The SMILES string of the molecule is CCCN(CCCN(C)C)C(=O)C(c1ccccc1)N1CCCCC1=O. The van der Waals surface area contributed by atoms with E-state index in [1.165, 1.54) is 0 Å². The Morgan fingerprint density at radius 1 is 1.12 bits per heavy atom. The molecule has 144 valence electrons. The quantitative estimate of drug-likeness (QED) is 0.681. The largest absolute Gasteiger partial charge is 0.341 e. The number of likely N-dealkylation sites (tertiary alicyclic amines) is 1. The molecule has 1 aromatic carbocycles. The zero-order chi connectivity index (χ0) is 18.9. The Kier molecular flexibility index (Phi) is 8.10. The molecule has 26 heavy (non-hydrogen) atoms. The number of amides is 2. The van der Waals surface area contributed by atoms with E-state index >= 15 is 0 Å². The van der Waals surface area contributed by atoms with Gasteiger partial charge in [-0.25, -0.2) is 0 Å². The second-order valence-corrected chi connectivity index (χ2v) is 7.34. The molecule has 2 amide bonds. The van der Waals surface area contributed by atoms with Gasteiger partial charge in [-0.2, -0.15) is 0 Å². The van der Waals surface area contributed by atoms with Gasteiger partial charge in [-0.05, 0) is 51.9 Å².